The van der Waals surface area contributed by atoms with Crippen LogP contribution in [-0.4, -0.2) is 49.3 Å². The lowest BCUT2D eigenvalue weighted by Crippen LogP contribution is -2.29. The number of carbonyl (C=O) groups is 2. The number of phosphoric ester groups is 1. The molecule has 0 aliphatic rings. The standard InChI is InChI=1S/C67H118NO8P/c1-3-5-7-9-11-13-15-17-19-21-23-25-27-29-30-31-32-33-34-36-37-39-41-43-45-47-49-51-53-55-57-59-66(69)73-63-65(64-75-77(71,72)74-62-61-68)76-67(70)60-58-56-54-52-50-48-46-44-42-40-38-35-28-26-24-22-20-18-16-14-12-10-8-6-4-2/h6,8,12,14-15,17-18,20-21,23-24,26-27,29,35,38,65H,3-5,7,9-11,13,16,19,22,25,28,30-34,36-37,39-64,68H2,1-2H3,(H,71,72)/b8-6-,14-12-,17-15-,20-18-,23-21-,26-24-,29-27-,38-35-. The van der Waals surface area contributed by atoms with Gasteiger partial charge in [0.2, 0.25) is 0 Å². The Morgan fingerprint density at radius 1 is 0.403 bits per heavy atom. The second kappa shape index (κ2) is 62.1. The summed E-state index contributed by atoms with van der Waals surface area (Å²) in [5, 5.41) is 0. The lowest BCUT2D eigenvalue weighted by Gasteiger charge is -2.19. The molecule has 0 aromatic heterocycles. The molecular formula is C67H118NO8P. The number of hydrogen-bond donors (Lipinski definition) is 2. The van der Waals surface area contributed by atoms with Gasteiger partial charge in [-0.3, -0.25) is 18.6 Å². The molecular weight excluding hydrogens is 978 g/mol. The first-order valence-corrected chi connectivity index (χ1v) is 33.2. The number of phosphoric acid groups is 1. The molecule has 0 radical (unpaired) electrons. The Morgan fingerprint density at radius 2 is 0.714 bits per heavy atom. The van der Waals surface area contributed by atoms with Gasteiger partial charge in [0, 0.05) is 19.4 Å². The van der Waals surface area contributed by atoms with Gasteiger partial charge in [0.1, 0.15) is 6.61 Å². The first-order valence-electron chi connectivity index (χ1n) is 31.7. The quantitative estimate of drug-likeness (QED) is 0.0264. The Kier molecular flexibility index (Phi) is 59.7. The number of unbranched alkanes of at least 4 members (excludes halogenated alkanes) is 30. The van der Waals surface area contributed by atoms with Crippen molar-refractivity contribution in [3.05, 3.63) is 97.2 Å². The minimum atomic E-state index is -4.40. The highest BCUT2D eigenvalue weighted by Crippen LogP contribution is 2.43. The molecule has 0 amide bonds. The van der Waals surface area contributed by atoms with Gasteiger partial charge in [0.15, 0.2) is 6.10 Å². The van der Waals surface area contributed by atoms with Crippen molar-refractivity contribution in [1.29, 1.82) is 0 Å². The van der Waals surface area contributed by atoms with E-state index in [1.807, 2.05) is 0 Å². The van der Waals surface area contributed by atoms with Gasteiger partial charge in [-0.05, 0) is 96.3 Å². The molecule has 77 heavy (non-hydrogen) atoms. The van der Waals surface area contributed by atoms with Gasteiger partial charge in [0.05, 0.1) is 13.2 Å². The molecule has 0 spiro atoms. The SMILES string of the molecule is CC/C=C\C/C=C\C/C=C\C/C=C\C/C=C\CCCCCCCCCCCC(=O)OC(COC(=O)CCCCCCCCCCCCCCCCCC/C=C\C/C=C\C/C=C\CCCCCCC)COP(=O)(O)OCCN. The van der Waals surface area contributed by atoms with Crippen molar-refractivity contribution in [2.75, 3.05) is 26.4 Å². The molecule has 0 saturated carbocycles. The minimum Gasteiger partial charge on any atom is -0.462 e. The lowest BCUT2D eigenvalue weighted by molar-refractivity contribution is -0.161. The van der Waals surface area contributed by atoms with Gasteiger partial charge in [-0.1, -0.05) is 272 Å². The number of allylic oxidation sites excluding steroid dienone is 16. The Morgan fingerprint density at radius 3 is 1.06 bits per heavy atom. The summed E-state index contributed by atoms with van der Waals surface area (Å²) >= 11 is 0. The molecule has 2 unspecified atom stereocenters. The monoisotopic (exact) mass is 1100 g/mol. The van der Waals surface area contributed by atoms with Crippen LogP contribution in [0.5, 0.6) is 0 Å². The number of hydrogen-bond acceptors (Lipinski definition) is 8. The van der Waals surface area contributed by atoms with E-state index in [-0.39, 0.29) is 38.6 Å². The summed E-state index contributed by atoms with van der Waals surface area (Å²) < 4.78 is 33.1. The van der Waals surface area contributed by atoms with Crippen LogP contribution < -0.4 is 5.73 Å². The normalized spacial score (nSPS) is 13.7. The Labute approximate surface area is 474 Å². The number of nitrogens with two attached hydrogens (primary N) is 1. The van der Waals surface area contributed by atoms with Crippen LogP contribution in [0.15, 0.2) is 97.2 Å². The Balaban J connectivity index is 3.94. The molecule has 0 aliphatic heterocycles. The summed E-state index contributed by atoms with van der Waals surface area (Å²) in [6, 6.07) is 0. The van der Waals surface area contributed by atoms with Crippen molar-refractivity contribution >= 4 is 19.8 Å². The molecule has 9 nitrogen and oxygen atoms in total. The van der Waals surface area contributed by atoms with Crippen LogP contribution in [0.4, 0.5) is 0 Å². The molecule has 0 heterocycles. The summed E-state index contributed by atoms with van der Waals surface area (Å²) in [6.45, 7) is 3.63. The zero-order chi connectivity index (χ0) is 55.9. The first kappa shape index (κ1) is 73.9. The maximum Gasteiger partial charge on any atom is 0.472 e. The van der Waals surface area contributed by atoms with Crippen LogP contribution in [0.3, 0.4) is 0 Å². The van der Waals surface area contributed by atoms with Crippen LogP contribution in [0, 0.1) is 0 Å². The molecule has 0 aromatic rings. The molecule has 3 N–H and O–H groups in total. The predicted octanol–water partition coefficient (Wildman–Crippen LogP) is 20.4. The van der Waals surface area contributed by atoms with E-state index in [0.29, 0.717) is 6.42 Å². The second-order valence-electron chi connectivity index (χ2n) is 20.9. The summed E-state index contributed by atoms with van der Waals surface area (Å²) in [5.41, 5.74) is 5.39. The highest BCUT2D eigenvalue weighted by Gasteiger charge is 2.26. The van der Waals surface area contributed by atoms with E-state index in [1.165, 1.54) is 161 Å². The van der Waals surface area contributed by atoms with Crippen molar-refractivity contribution < 1.29 is 37.6 Å². The van der Waals surface area contributed by atoms with Crippen LogP contribution in [0.1, 0.15) is 284 Å². The van der Waals surface area contributed by atoms with Crippen molar-refractivity contribution in [3.8, 4) is 0 Å². The van der Waals surface area contributed by atoms with Gasteiger partial charge in [-0.2, -0.15) is 0 Å². The van der Waals surface area contributed by atoms with E-state index < -0.39 is 26.5 Å². The molecule has 0 aromatic carbocycles. The third-order valence-corrected chi connectivity index (χ3v) is 14.4. The molecule has 0 saturated heterocycles. The smallest absolute Gasteiger partial charge is 0.462 e. The molecule has 0 rings (SSSR count). The predicted molar refractivity (Wildman–Crippen MR) is 330 cm³/mol. The fourth-order valence-electron chi connectivity index (χ4n) is 8.79. The van der Waals surface area contributed by atoms with E-state index in [4.69, 9.17) is 24.3 Å². The zero-order valence-corrected chi connectivity index (χ0v) is 50.6. The average molecular weight is 1100 g/mol. The highest BCUT2D eigenvalue weighted by atomic mass is 31.2. The van der Waals surface area contributed by atoms with E-state index in [0.717, 1.165) is 89.9 Å². The molecule has 10 heteroatoms. The average Bonchev–Trinajstić information content (AvgIpc) is 3.42. The Bertz CT molecular complexity index is 1580. The number of rotatable bonds is 59. The summed E-state index contributed by atoms with van der Waals surface area (Å²) in [5.74, 6) is -0.831. The third-order valence-electron chi connectivity index (χ3n) is 13.5. The van der Waals surface area contributed by atoms with Gasteiger partial charge >= 0.3 is 19.8 Å². The molecule has 0 aliphatic carbocycles. The minimum absolute atomic E-state index is 0.0488. The third kappa shape index (κ3) is 62.0. The largest absolute Gasteiger partial charge is 0.472 e. The zero-order valence-electron chi connectivity index (χ0n) is 49.7. The van der Waals surface area contributed by atoms with Gasteiger partial charge in [-0.15, -0.1) is 0 Å². The second-order valence-corrected chi connectivity index (χ2v) is 22.3. The lowest BCUT2D eigenvalue weighted by atomic mass is 10.0. The molecule has 2 atom stereocenters. The van der Waals surface area contributed by atoms with Crippen molar-refractivity contribution in [2.45, 2.75) is 290 Å². The fraction of sp³-hybridized carbons (Fsp3) is 0.731. The number of ether oxygens (including phenoxy) is 2. The van der Waals surface area contributed by atoms with Crippen LogP contribution in [0.2, 0.25) is 0 Å². The maximum absolute atomic E-state index is 12.7. The van der Waals surface area contributed by atoms with Crippen LogP contribution in [0.25, 0.3) is 0 Å². The topological polar surface area (TPSA) is 134 Å². The van der Waals surface area contributed by atoms with E-state index >= 15 is 0 Å². The van der Waals surface area contributed by atoms with E-state index in [2.05, 4.69) is 111 Å². The fourth-order valence-corrected chi connectivity index (χ4v) is 9.55. The van der Waals surface area contributed by atoms with E-state index in [1.54, 1.807) is 0 Å². The van der Waals surface area contributed by atoms with Crippen LogP contribution in [-0.2, 0) is 32.7 Å². The number of esters is 2. The van der Waals surface area contributed by atoms with Crippen molar-refractivity contribution in [3.63, 3.8) is 0 Å². The van der Waals surface area contributed by atoms with Crippen LogP contribution >= 0.6 is 7.82 Å². The summed E-state index contributed by atoms with van der Waals surface area (Å²) in [4.78, 5) is 35.3. The molecule has 444 valence electrons. The van der Waals surface area contributed by atoms with Gasteiger partial charge in [0.25, 0.3) is 0 Å². The summed E-state index contributed by atoms with van der Waals surface area (Å²) in [7, 11) is -4.40. The first-order chi connectivity index (χ1) is 37.8. The van der Waals surface area contributed by atoms with Crippen molar-refractivity contribution in [2.24, 2.45) is 5.73 Å². The van der Waals surface area contributed by atoms with E-state index in [9.17, 15) is 19.0 Å². The number of carbonyl (C=O) groups excluding carboxylic acids is 2. The summed E-state index contributed by atoms with van der Waals surface area (Å²) in [6.07, 6.45) is 83.3. The van der Waals surface area contributed by atoms with Gasteiger partial charge in [-0.25, -0.2) is 4.57 Å². The molecule has 0 bridgehead atoms. The maximum atomic E-state index is 12.7. The highest BCUT2D eigenvalue weighted by molar-refractivity contribution is 7.47. The molecule has 0 fully saturated rings. The van der Waals surface area contributed by atoms with Gasteiger partial charge < -0.3 is 20.1 Å². The van der Waals surface area contributed by atoms with Crippen molar-refractivity contribution in [1.82, 2.24) is 0 Å². The Hall–Kier alpha value is -3.07.